The molecule has 0 radical (unpaired) electrons. The van der Waals surface area contributed by atoms with Gasteiger partial charge >= 0.3 is 0 Å². The molecule has 6 amide bonds. The van der Waals surface area contributed by atoms with E-state index < -0.39 is 138 Å². The van der Waals surface area contributed by atoms with Gasteiger partial charge in [0.05, 0.1) is 29.5 Å². The van der Waals surface area contributed by atoms with Gasteiger partial charge in [-0.25, -0.2) is 0 Å². The van der Waals surface area contributed by atoms with Gasteiger partial charge in [-0.15, -0.1) is 0 Å². The Morgan fingerprint density at radius 3 is 0.500 bits per heavy atom. The molecule has 30 heteroatoms. The molecular formula is C54H42N12O18. The Hall–Kier alpha value is -12.2. The molecule has 0 saturated heterocycles. The van der Waals surface area contributed by atoms with Gasteiger partial charge in [0.15, 0.2) is 0 Å². The molecule has 84 heavy (non-hydrogen) atoms. The van der Waals surface area contributed by atoms with Gasteiger partial charge in [-0.05, 0) is 69.8 Å². The minimum atomic E-state index is -0.953. The topological polar surface area (TPSA) is 433 Å². The number of hydrogen-bond donors (Lipinski definition) is 6. The van der Waals surface area contributed by atoms with Gasteiger partial charge in [-0.1, -0.05) is 36.4 Å². The second-order valence-electron chi connectivity index (χ2n) is 17.8. The molecule has 0 saturated carbocycles. The second kappa shape index (κ2) is 26.6. The molecule has 7 rings (SSSR count). The maximum absolute atomic E-state index is 14.1. The normalized spacial score (nSPS) is 10.6. The maximum Gasteiger partial charge on any atom is 0.270 e. The molecule has 0 spiro atoms. The number of rotatable bonds is 24. The predicted octanol–water partition coefficient (Wildman–Crippen LogP) is 6.72. The van der Waals surface area contributed by atoms with Crippen LogP contribution in [0.4, 0.5) is 34.1 Å². The van der Waals surface area contributed by atoms with Gasteiger partial charge in [-0.3, -0.25) is 89.5 Å². The highest BCUT2D eigenvalue weighted by Gasteiger charge is 2.28. The molecule has 0 fully saturated rings. The first-order valence-electron chi connectivity index (χ1n) is 24.4. The van der Waals surface area contributed by atoms with E-state index in [9.17, 15) is 89.5 Å². The number of carbonyl (C=O) groups is 6. The minimum absolute atomic E-state index is 0.0691. The molecule has 0 aromatic heterocycles. The van der Waals surface area contributed by atoms with E-state index >= 15 is 0 Å². The Labute approximate surface area is 470 Å². The average molecular weight is 1150 g/mol. The molecule has 6 N–H and O–H groups in total. The molecule has 0 aliphatic heterocycles. The SMILES string of the molecule is O=C(NCc1c(CNC(=O)c2cccc([N+](=O)[O-])c2)c(CNC(=O)c2cccc([N+](=O)[O-])c2)c(CNC(=O)c2cccc([N+](=O)[O-])c2)c(CNC(=O)c2cccc([N+](=O)[O-])c2)c1CNC(=O)c1cccc([N+](=O)[O-])c1)c1cccc([N+](=O)[O-])c1. The van der Waals surface area contributed by atoms with E-state index in [-0.39, 0.29) is 66.8 Å². The van der Waals surface area contributed by atoms with Crippen LogP contribution in [0.2, 0.25) is 0 Å². The summed E-state index contributed by atoms with van der Waals surface area (Å²) < 4.78 is 0. The second-order valence-corrected chi connectivity index (χ2v) is 17.8. The number of nitro benzene ring substituents is 6. The Bertz CT molecular complexity index is 3230. The number of non-ortho nitro benzene ring substituents is 6. The molecule has 0 unspecified atom stereocenters. The van der Waals surface area contributed by atoms with Crippen LogP contribution in [0.15, 0.2) is 146 Å². The van der Waals surface area contributed by atoms with Crippen molar-refractivity contribution in [3.05, 3.63) is 273 Å². The highest BCUT2D eigenvalue weighted by molar-refractivity contribution is 5.98. The van der Waals surface area contributed by atoms with Crippen LogP contribution in [0.1, 0.15) is 95.5 Å². The highest BCUT2D eigenvalue weighted by atomic mass is 16.6. The molecule has 0 aliphatic carbocycles. The number of nitrogens with zero attached hydrogens (tertiary/aromatic N) is 6. The number of carbonyl (C=O) groups excluding carboxylic acids is 6. The largest absolute Gasteiger partial charge is 0.348 e. The summed E-state index contributed by atoms with van der Waals surface area (Å²) in [7, 11) is 0. The van der Waals surface area contributed by atoms with E-state index in [1.165, 1.54) is 72.8 Å². The third-order valence-corrected chi connectivity index (χ3v) is 12.7. The van der Waals surface area contributed by atoms with Gasteiger partial charge in [0.25, 0.3) is 69.6 Å². The third kappa shape index (κ3) is 14.7. The van der Waals surface area contributed by atoms with E-state index in [2.05, 4.69) is 31.9 Å². The summed E-state index contributed by atoms with van der Waals surface area (Å²) in [5.74, 6) is -5.72. The first-order chi connectivity index (χ1) is 40.1. The summed E-state index contributed by atoms with van der Waals surface area (Å²) in [4.78, 5) is 151. The van der Waals surface area contributed by atoms with Crippen LogP contribution in [0.3, 0.4) is 0 Å². The predicted molar refractivity (Wildman–Crippen MR) is 292 cm³/mol. The van der Waals surface area contributed by atoms with Crippen molar-refractivity contribution in [2.24, 2.45) is 0 Å². The third-order valence-electron chi connectivity index (χ3n) is 12.7. The lowest BCUT2D eigenvalue weighted by Crippen LogP contribution is -2.35. The van der Waals surface area contributed by atoms with Crippen LogP contribution in [0.5, 0.6) is 0 Å². The minimum Gasteiger partial charge on any atom is -0.348 e. The van der Waals surface area contributed by atoms with Crippen LogP contribution < -0.4 is 31.9 Å². The van der Waals surface area contributed by atoms with Crippen molar-refractivity contribution >= 4 is 69.6 Å². The lowest BCUT2D eigenvalue weighted by atomic mass is 9.85. The molecule has 0 bridgehead atoms. The van der Waals surface area contributed by atoms with Crippen molar-refractivity contribution in [1.29, 1.82) is 0 Å². The van der Waals surface area contributed by atoms with E-state index in [1.807, 2.05) is 0 Å². The monoisotopic (exact) mass is 1150 g/mol. The summed E-state index contributed by atoms with van der Waals surface area (Å²) in [6.45, 7) is -4.06. The fourth-order valence-electron chi connectivity index (χ4n) is 8.56. The van der Waals surface area contributed by atoms with Crippen molar-refractivity contribution in [2.45, 2.75) is 39.3 Å². The van der Waals surface area contributed by atoms with Crippen molar-refractivity contribution in [1.82, 2.24) is 31.9 Å². The first kappa shape index (κ1) is 59.4. The lowest BCUT2D eigenvalue weighted by Gasteiger charge is -2.28. The van der Waals surface area contributed by atoms with Crippen LogP contribution in [-0.4, -0.2) is 65.0 Å². The summed E-state index contributed by atoms with van der Waals surface area (Å²) in [5.41, 5.74) is -4.85. The van der Waals surface area contributed by atoms with Gasteiger partial charge in [0.1, 0.15) is 0 Å². The van der Waals surface area contributed by atoms with E-state index in [0.29, 0.717) is 0 Å². The fourth-order valence-corrected chi connectivity index (χ4v) is 8.56. The molecular weight excluding hydrogens is 1100 g/mol. The molecule has 0 aliphatic rings. The van der Waals surface area contributed by atoms with E-state index in [1.54, 1.807) is 0 Å². The van der Waals surface area contributed by atoms with Crippen molar-refractivity contribution in [3.63, 3.8) is 0 Å². The number of amides is 6. The van der Waals surface area contributed by atoms with Crippen molar-refractivity contribution in [2.75, 3.05) is 0 Å². The van der Waals surface area contributed by atoms with Crippen LogP contribution in [0, 0.1) is 60.7 Å². The molecule has 0 atom stereocenters. The van der Waals surface area contributed by atoms with Crippen LogP contribution in [0.25, 0.3) is 0 Å². The zero-order valence-electron chi connectivity index (χ0n) is 43.1. The molecule has 7 aromatic rings. The number of benzene rings is 7. The fraction of sp³-hybridized carbons (Fsp3) is 0.111. The Balaban J connectivity index is 1.51. The smallest absolute Gasteiger partial charge is 0.270 e. The zero-order chi connectivity index (χ0) is 60.8. The van der Waals surface area contributed by atoms with Crippen molar-refractivity contribution < 1.29 is 58.3 Å². The quantitative estimate of drug-likeness (QED) is 0.0270. The van der Waals surface area contributed by atoms with Crippen LogP contribution in [-0.2, 0) is 39.3 Å². The number of hydrogen-bond acceptors (Lipinski definition) is 18. The molecule has 0 heterocycles. The van der Waals surface area contributed by atoms with Gasteiger partial charge in [0, 0.05) is 145 Å². The maximum atomic E-state index is 14.1. The van der Waals surface area contributed by atoms with E-state index in [4.69, 9.17) is 0 Å². The molecule has 30 nitrogen and oxygen atoms in total. The molecule has 426 valence electrons. The Morgan fingerprint density at radius 1 is 0.250 bits per heavy atom. The number of nitrogens with one attached hydrogen (secondary N) is 6. The zero-order valence-corrected chi connectivity index (χ0v) is 43.1. The first-order valence-corrected chi connectivity index (χ1v) is 24.4. The average Bonchev–Trinajstić information content (AvgIpc) is 2.88. The van der Waals surface area contributed by atoms with Gasteiger partial charge < -0.3 is 31.9 Å². The highest BCUT2D eigenvalue weighted by Crippen LogP contribution is 2.32. The lowest BCUT2D eigenvalue weighted by molar-refractivity contribution is -0.385. The van der Waals surface area contributed by atoms with Crippen LogP contribution >= 0.6 is 0 Å². The Morgan fingerprint density at radius 2 is 0.381 bits per heavy atom. The van der Waals surface area contributed by atoms with Gasteiger partial charge in [0.2, 0.25) is 0 Å². The summed E-state index contributed by atoms with van der Waals surface area (Å²) >= 11 is 0. The van der Waals surface area contributed by atoms with Crippen molar-refractivity contribution in [3.8, 4) is 0 Å². The Kier molecular flexibility index (Phi) is 18.8. The summed E-state index contributed by atoms with van der Waals surface area (Å²) in [6, 6.07) is 27.1. The summed E-state index contributed by atoms with van der Waals surface area (Å²) in [5, 5.41) is 86.7. The summed E-state index contributed by atoms with van der Waals surface area (Å²) in [6.07, 6.45) is 0. The molecule has 7 aromatic carbocycles. The van der Waals surface area contributed by atoms with E-state index in [0.717, 1.165) is 72.8 Å². The van der Waals surface area contributed by atoms with Gasteiger partial charge in [-0.2, -0.15) is 0 Å². The number of nitro groups is 6. The standard InChI is InChI=1S/C54H42N12O18/c67-49(31-7-1-13-37(19-31)61(73)74)55-25-43-44(26-56-50(68)32-8-2-14-38(20-32)62(75)76)46(28-58-52(70)34-10-4-16-40(22-34)64(79)80)48(30-60-54(72)36-12-6-18-42(24-36)66(83)84)47(29-59-53(71)35-11-5-17-41(23-35)65(81)82)45(43)27-57-51(69)33-9-3-15-39(21-33)63(77)78/h1-24H,25-30H2,(H,55,67)(H,56,68)(H,57,69)(H,58,70)(H,59,71)(H,60,72).